The highest BCUT2D eigenvalue weighted by atomic mass is 19.1. The third-order valence-electron chi connectivity index (χ3n) is 4.65. The standard InChI is InChI=1S/C22H20FN3O3.CH2O2/c1-13(14-2-3-20-21(11-14)29-7-6-28-20)26-22(27)16-8-15(9-17(23)10-16)19-12-18(24)4-5-25-19;2-1-3/h2-5,8-13H,6-7H2,1H3,(H2,24,25)(H,26,27);1H,(H,2,3). The molecule has 0 saturated carbocycles. The molecule has 8 nitrogen and oxygen atoms in total. The van der Waals surface area contributed by atoms with E-state index in [0.717, 1.165) is 5.56 Å². The fraction of sp³-hybridized carbons (Fsp3) is 0.174. The number of rotatable bonds is 4. The van der Waals surface area contributed by atoms with Crippen molar-refractivity contribution in [3.63, 3.8) is 0 Å². The molecule has 0 saturated heterocycles. The van der Waals surface area contributed by atoms with Crippen LogP contribution in [0.2, 0.25) is 0 Å². The SMILES string of the molecule is CC(NC(=O)c1cc(F)cc(-c2cc(N)ccn2)c1)c1ccc2c(c1)OCCO2.O=CO. The largest absolute Gasteiger partial charge is 0.486 e. The van der Waals surface area contributed by atoms with E-state index in [0.29, 0.717) is 41.7 Å². The van der Waals surface area contributed by atoms with Gasteiger partial charge in [-0.25, -0.2) is 4.39 Å². The highest BCUT2D eigenvalue weighted by molar-refractivity contribution is 5.95. The molecule has 4 N–H and O–H groups in total. The number of benzene rings is 2. The number of amides is 1. The van der Waals surface area contributed by atoms with Crippen molar-refractivity contribution in [1.29, 1.82) is 0 Å². The smallest absolute Gasteiger partial charge is 0.290 e. The van der Waals surface area contributed by atoms with Crippen molar-refractivity contribution in [1.82, 2.24) is 10.3 Å². The summed E-state index contributed by atoms with van der Waals surface area (Å²) < 4.78 is 25.3. The van der Waals surface area contributed by atoms with Crippen LogP contribution in [-0.2, 0) is 4.79 Å². The monoisotopic (exact) mass is 439 g/mol. The van der Waals surface area contributed by atoms with Crippen molar-refractivity contribution in [3.8, 4) is 22.8 Å². The van der Waals surface area contributed by atoms with Gasteiger partial charge >= 0.3 is 0 Å². The lowest BCUT2D eigenvalue weighted by Crippen LogP contribution is -2.27. The van der Waals surface area contributed by atoms with E-state index in [9.17, 15) is 9.18 Å². The molecule has 32 heavy (non-hydrogen) atoms. The lowest BCUT2D eigenvalue weighted by atomic mass is 10.0. The Bertz CT molecular complexity index is 1120. The zero-order chi connectivity index (χ0) is 23.1. The van der Waals surface area contributed by atoms with Crippen molar-refractivity contribution in [2.75, 3.05) is 18.9 Å². The second-order valence-electron chi connectivity index (χ2n) is 6.91. The van der Waals surface area contributed by atoms with Crippen LogP contribution in [0, 0.1) is 5.82 Å². The first kappa shape index (κ1) is 22.5. The number of nitrogen functional groups attached to an aromatic ring is 1. The van der Waals surface area contributed by atoms with E-state index >= 15 is 0 Å². The number of aromatic nitrogens is 1. The van der Waals surface area contributed by atoms with E-state index in [1.54, 1.807) is 24.4 Å². The van der Waals surface area contributed by atoms with E-state index in [1.165, 1.54) is 12.1 Å². The quantitative estimate of drug-likeness (QED) is 0.532. The molecule has 0 fully saturated rings. The molecule has 1 atom stereocenters. The maximum Gasteiger partial charge on any atom is 0.290 e. The summed E-state index contributed by atoms with van der Waals surface area (Å²) in [7, 11) is 0. The number of nitrogens with one attached hydrogen (secondary N) is 1. The van der Waals surface area contributed by atoms with Crippen molar-refractivity contribution in [2.24, 2.45) is 0 Å². The van der Waals surface area contributed by atoms with Gasteiger partial charge in [-0.15, -0.1) is 0 Å². The second-order valence-corrected chi connectivity index (χ2v) is 6.91. The number of carboxylic acid groups (broad SMARTS) is 1. The Balaban J connectivity index is 0.000000913. The summed E-state index contributed by atoms with van der Waals surface area (Å²) in [4.78, 5) is 25.3. The minimum Gasteiger partial charge on any atom is -0.486 e. The third kappa shape index (κ3) is 5.51. The second kappa shape index (κ2) is 10.3. The van der Waals surface area contributed by atoms with Crippen LogP contribution in [0.1, 0.15) is 28.9 Å². The number of carbonyl (C=O) groups is 2. The number of carbonyl (C=O) groups excluding carboxylic acids is 1. The van der Waals surface area contributed by atoms with E-state index in [2.05, 4.69) is 10.3 Å². The molecular weight excluding hydrogens is 417 g/mol. The summed E-state index contributed by atoms with van der Waals surface area (Å²) in [5.41, 5.74) is 8.33. The molecule has 0 spiro atoms. The average Bonchev–Trinajstić information content (AvgIpc) is 2.79. The molecule has 4 rings (SSSR count). The highest BCUT2D eigenvalue weighted by Gasteiger charge is 2.17. The minimum absolute atomic E-state index is 0.202. The average molecular weight is 439 g/mol. The van der Waals surface area contributed by atoms with E-state index < -0.39 is 11.7 Å². The van der Waals surface area contributed by atoms with Gasteiger partial charge in [0, 0.05) is 23.0 Å². The Morgan fingerprint density at radius 2 is 1.88 bits per heavy atom. The number of nitrogens with two attached hydrogens (primary N) is 1. The Labute approximate surface area is 183 Å². The topological polar surface area (TPSA) is 124 Å². The predicted molar refractivity (Wildman–Crippen MR) is 116 cm³/mol. The fourth-order valence-electron chi connectivity index (χ4n) is 3.17. The zero-order valence-electron chi connectivity index (χ0n) is 17.2. The van der Waals surface area contributed by atoms with Crippen molar-refractivity contribution in [3.05, 3.63) is 71.7 Å². The molecule has 1 aromatic heterocycles. The zero-order valence-corrected chi connectivity index (χ0v) is 17.2. The lowest BCUT2D eigenvalue weighted by Gasteiger charge is -2.21. The highest BCUT2D eigenvalue weighted by Crippen LogP contribution is 2.32. The number of halogens is 1. The Morgan fingerprint density at radius 3 is 2.59 bits per heavy atom. The first-order valence-corrected chi connectivity index (χ1v) is 9.72. The van der Waals surface area contributed by atoms with Crippen molar-refractivity contribution >= 4 is 18.1 Å². The van der Waals surface area contributed by atoms with E-state index in [4.69, 9.17) is 25.1 Å². The molecule has 3 aromatic rings. The van der Waals surface area contributed by atoms with Gasteiger partial charge in [0.05, 0.1) is 11.7 Å². The molecule has 1 aliphatic heterocycles. The van der Waals surface area contributed by atoms with Gasteiger partial charge in [0.25, 0.3) is 12.4 Å². The van der Waals surface area contributed by atoms with Crippen LogP contribution in [0.3, 0.4) is 0 Å². The minimum atomic E-state index is -0.524. The first-order valence-electron chi connectivity index (χ1n) is 9.72. The number of hydrogen-bond acceptors (Lipinski definition) is 6. The number of pyridine rings is 1. The van der Waals surface area contributed by atoms with Gasteiger partial charge in [0.15, 0.2) is 11.5 Å². The van der Waals surface area contributed by atoms with Crippen LogP contribution in [0.4, 0.5) is 10.1 Å². The van der Waals surface area contributed by atoms with Crippen molar-refractivity contribution in [2.45, 2.75) is 13.0 Å². The number of hydrogen-bond donors (Lipinski definition) is 3. The first-order chi connectivity index (χ1) is 15.4. The maximum absolute atomic E-state index is 14.2. The van der Waals surface area contributed by atoms with Gasteiger partial charge in [-0.3, -0.25) is 14.6 Å². The number of nitrogens with zero attached hydrogens (tertiary/aromatic N) is 1. The van der Waals surface area contributed by atoms with Gasteiger partial charge in [0.1, 0.15) is 19.0 Å². The molecule has 0 radical (unpaired) electrons. The molecule has 1 amide bonds. The van der Waals surface area contributed by atoms with Crippen LogP contribution in [-0.4, -0.2) is 35.7 Å². The number of fused-ring (bicyclic) bond motifs is 1. The molecule has 166 valence electrons. The number of anilines is 1. The molecule has 0 aliphatic carbocycles. The molecule has 1 unspecified atom stereocenters. The van der Waals surface area contributed by atoms with Gasteiger partial charge in [0.2, 0.25) is 0 Å². The van der Waals surface area contributed by atoms with Gasteiger partial charge < -0.3 is 25.6 Å². The van der Waals surface area contributed by atoms with Crippen LogP contribution in [0.15, 0.2) is 54.7 Å². The Morgan fingerprint density at radius 1 is 1.16 bits per heavy atom. The van der Waals surface area contributed by atoms with Gasteiger partial charge in [-0.05, 0) is 55.0 Å². The van der Waals surface area contributed by atoms with Gasteiger partial charge in [-0.1, -0.05) is 6.07 Å². The summed E-state index contributed by atoms with van der Waals surface area (Å²) >= 11 is 0. The molecule has 0 bridgehead atoms. The summed E-state index contributed by atoms with van der Waals surface area (Å²) in [6.45, 7) is 2.60. The van der Waals surface area contributed by atoms with E-state index in [-0.39, 0.29) is 18.1 Å². The van der Waals surface area contributed by atoms with Crippen molar-refractivity contribution < 1.29 is 28.6 Å². The summed E-state index contributed by atoms with van der Waals surface area (Å²) in [5.74, 6) is 0.416. The molecule has 2 heterocycles. The third-order valence-corrected chi connectivity index (χ3v) is 4.65. The number of ether oxygens (including phenoxy) is 2. The summed E-state index contributed by atoms with van der Waals surface area (Å²) in [5, 5.41) is 9.78. The summed E-state index contributed by atoms with van der Waals surface area (Å²) in [6, 6.07) is 12.6. The van der Waals surface area contributed by atoms with E-state index in [1.807, 2.05) is 25.1 Å². The van der Waals surface area contributed by atoms with Crippen LogP contribution < -0.4 is 20.5 Å². The summed E-state index contributed by atoms with van der Waals surface area (Å²) in [6.07, 6.45) is 1.54. The maximum atomic E-state index is 14.2. The Hall–Kier alpha value is -4.14. The molecular formula is C23H22FN3O5. The van der Waals surface area contributed by atoms with Crippen LogP contribution >= 0.6 is 0 Å². The normalized spacial score (nSPS) is 12.7. The Kier molecular flexibility index (Phi) is 7.22. The van der Waals surface area contributed by atoms with Gasteiger partial charge in [-0.2, -0.15) is 0 Å². The predicted octanol–water partition coefficient (Wildman–Crippen LogP) is 3.43. The lowest BCUT2D eigenvalue weighted by molar-refractivity contribution is -0.122. The molecule has 9 heteroatoms. The van der Waals surface area contributed by atoms with Crippen LogP contribution in [0.25, 0.3) is 11.3 Å². The fourth-order valence-corrected chi connectivity index (χ4v) is 3.17. The molecule has 1 aliphatic rings. The molecule has 2 aromatic carbocycles. The van der Waals surface area contributed by atoms with Crippen LogP contribution in [0.5, 0.6) is 11.5 Å².